The van der Waals surface area contributed by atoms with Crippen molar-refractivity contribution < 1.29 is 0 Å². The first kappa shape index (κ1) is 8.62. The third kappa shape index (κ3) is 2.95. The summed E-state index contributed by atoms with van der Waals surface area (Å²) >= 11 is 0. The highest BCUT2D eigenvalue weighted by atomic mass is 15.1. The molecule has 0 aliphatic heterocycles. The molecular weight excluding hydrogens is 134 g/mol. The van der Waals surface area contributed by atoms with Gasteiger partial charge < -0.3 is 0 Å². The van der Waals surface area contributed by atoms with E-state index in [1.54, 1.807) is 0 Å². The van der Waals surface area contributed by atoms with Gasteiger partial charge in [-0.2, -0.15) is 0 Å². The summed E-state index contributed by atoms with van der Waals surface area (Å²) in [7, 11) is 2.11. The van der Waals surface area contributed by atoms with Gasteiger partial charge in [-0.05, 0) is 25.8 Å². The van der Waals surface area contributed by atoms with Crippen LogP contribution in [-0.2, 0) is 0 Å². The van der Waals surface area contributed by atoms with E-state index in [9.17, 15) is 0 Å². The Bertz CT molecular complexity index is 139. The Kier molecular flexibility index (Phi) is 3.45. The maximum absolute atomic E-state index is 5.21. The Hall–Kier alpha value is -0.480. The van der Waals surface area contributed by atoms with Gasteiger partial charge in [-0.15, -0.1) is 6.42 Å². The van der Waals surface area contributed by atoms with Gasteiger partial charge in [0.05, 0.1) is 6.54 Å². The van der Waals surface area contributed by atoms with E-state index in [2.05, 4.69) is 17.9 Å². The molecule has 0 aromatic rings. The van der Waals surface area contributed by atoms with E-state index in [0.717, 1.165) is 12.5 Å². The van der Waals surface area contributed by atoms with E-state index < -0.39 is 0 Å². The number of hydrogen-bond donors (Lipinski definition) is 0. The zero-order valence-electron chi connectivity index (χ0n) is 7.34. The van der Waals surface area contributed by atoms with E-state index >= 15 is 0 Å². The smallest absolute Gasteiger partial charge is 0.0596 e. The zero-order valence-corrected chi connectivity index (χ0v) is 7.34. The SMILES string of the molecule is C#CCN(C)CC1CCCC1. The van der Waals surface area contributed by atoms with Crippen molar-refractivity contribution in [3.63, 3.8) is 0 Å². The molecule has 0 radical (unpaired) electrons. The predicted octanol–water partition coefficient (Wildman–Crippen LogP) is 1.74. The highest BCUT2D eigenvalue weighted by Crippen LogP contribution is 2.24. The average Bonchev–Trinajstić information content (AvgIpc) is 2.40. The summed E-state index contributed by atoms with van der Waals surface area (Å²) in [4.78, 5) is 2.25. The predicted molar refractivity (Wildman–Crippen MR) is 48.3 cm³/mol. The second-order valence-electron chi connectivity index (χ2n) is 3.55. The van der Waals surface area contributed by atoms with Crippen LogP contribution in [0.1, 0.15) is 25.7 Å². The molecule has 0 aromatic carbocycles. The monoisotopic (exact) mass is 151 g/mol. The van der Waals surface area contributed by atoms with Crippen molar-refractivity contribution in [2.45, 2.75) is 25.7 Å². The fraction of sp³-hybridized carbons (Fsp3) is 0.800. The number of hydrogen-bond acceptors (Lipinski definition) is 1. The first-order valence-corrected chi connectivity index (χ1v) is 4.45. The van der Waals surface area contributed by atoms with Crippen molar-refractivity contribution in [2.24, 2.45) is 5.92 Å². The van der Waals surface area contributed by atoms with Crippen LogP contribution in [0.3, 0.4) is 0 Å². The van der Waals surface area contributed by atoms with E-state index in [1.807, 2.05) is 0 Å². The van der Waals surface area contributed by atoms with Crippen LogP contribution in [0.2, 0.25) is 0 Å². The van der Waals surface area contributed by atoms with Crippen LogP contribution in [0.25, 0.3) is 0 Å². The Morgan fingerprint density at radius 2 is 2.09 bits per heavy atom. The van der Waals surface area contributed by atoms with Crippen molar-refractivity contribution in [1.82, 2.24) is 4.90 Å². The van der Waals surface area contributed by atoms with E-state index in [1.165, 1.54) is 32.2 Å². The lowest BCUT2D eigenvalue weighted by atomic mass is 10.1. The van der Waals surface area contributed by atoms with Crippen molar-refractivity contribution in [3.8, 4) is 12.3 Å². The van der Waals surface area contributed by atoms with E-state index in [0.29, 0.717) is 0 Å². The second-order valence-corrected chi connectivity index (χ2v) is 3.55. The highest BCUT2D eigenvalue weighted by Gasteiger charge is 2.15. The normalized spacial score (nSPS) is 19.0. The quantitative estimate of drug-likeness (QED) is 0.555. The molecule has 1 fully saturated rings. The zero-order chi connectivity index (χ0) is 8.10. The lowest BCUT2D eigenvalue weighted by Gasteiger charge is -2.17. The molecule has 0 N–H and O–H groups in total. The van der Waals surface area contributed by atoms with Gasteiger partial charge in [-0.3, -0.25) is 4.90 Å². The molecule has 1 rings (SSSR count). The van der Waals surface area contributed by atoms with Crippen molar-refractivity contribution >= 4 is 0 Å². The van der Waals surface area contributed by atoms with Gasteiger partial charge in [-0.25, -0.2) is 0 Å². The minimum Gasteiger partial charge on any atom is -0.295 e. The van der Waals surface area contributed by atoms with Gasteiger partial charge in [0.15, 0.2) is 0 Å². The minimum absolute atomic E-state index is 0.802. The molecule has 1 aliphatic rings. The molecule has 0 heterocycles. The molecule has 1 heteroatoms. The number of nitrogens with zero attached hydrogens (tertiary/aromatic N) is 1. The van der Waals surface area contributed by atoms with Crippen molar-refractivity contribution in [3.05, 3.63) is 0 Å². The summed E-state index contributed by atoms with van der Waals surface area (Å²) in [5.74, 6) is 3.59. The topological polar surface area (TPSA) is 3.24 Å². The fourth-order valence-electron chi connectivity index (χ4n) is 1.85. The largest absolute Gasteiger partial charge is 0.295 e. The van der Waals surface area contributed by atoms with Gasteiger partial charge in [0.25, 0.3) is 0 Å². The number of terminal acetylenes is 1. The van der Waals surface area contributed by atoms with E-state index in [4.69, 9.17) is 6.42 Å². The molecule has 1 aliphatic carbocycles. The van der Waals surface area contributed by atoms with Crippen LogP contribution in [0.15, 0.2) is 0 Å². The third-order valence-electron chi connectivity index (χ3n) is 2.41. The van der Waals surface area contributed by atoms with Crippen molar-refractivity contribution in [2.75, 3.05) is 20.1 Å². The Morgan fingerprint density at radius 3 is 2.64 bits per heavy atom. The molecule has 0 saturated heterocycles. The summed E-state index contributed by atoms with van der Waals surface area (Å²) in [5, 5.41) is 0. The van der Waals surface area contributed by atoms with Crippen LogP contribution >= 0.6 is 0 Å². The van der Waals surface area contributed by atoms with Gasteiger partial charge in [0.1, 0.15) is 0 Å². The number of rotatable bonds is 3. The summed E-state index contributed by atoms with van der Waals surface area (Å²) in [6, 6.07) is 0. The summed E-state index contributed by atoms with van der Waals surface area (Å²) < 4.78 is 0. The molecule has 0 spiro atoms. The third-order valence-corrected chi connectivity index (χ3v) is 2.41. The second kappa shape index (κ2) is 4.41. The Balaban J connectivity index is 2.14. The molecule has 11 heavy (non-hydrogen) atoms. The Morgan fingerprint density at radius 1 is 1.45 bits per heavy atom. The maximum Gasteiger partial charge on any atom is 0.0596 e. The fourth-order valence-corrected chi connectivity index (χ4v) is 1.85. The molecule has 0 atom stereocenters. The van der Waals surface area contributed by atoms with Gasteiger partial charge >= 0.3 is 0 Å². The minimum atomic E-state index is 0.802. The van der Waals surface area contributed by atoms with Crippen LogP contribution in [0, 0.1) is 18.3 Å². The van der Waals surface area contributed by atoms with E-state index in [-0.39, 0.29) is 0 Å². The van der Waals surface area contributed by atoms with Gasteiger partial charge in [-0.1, -0.05) is 18.8 Å². The molecule has 1 nitrogen and oxygen atoms in total. The van der Waals surface area contributed by atoms with Gasteiger partial charge in [0.2, 0.25) is 0 Å². The van der Waals surface area contributed by atoms with Crippen LogP contribution in [0.4, 0.5) is 0 Å². The molecule has 1 saturated carbocycles. The van der Waals surface area contributed by atoms with Crippen LogP contribution < -0.4 is 0 Å². The summed E-state index contributed by atoms with van der Waals surface area (Å²) in [6.07, 6.45) is 10.9. The molecule has 0 aromatic heterocycles. The first-order chi connectivity index (χ1) is 5.33. The van der Waals surface area contributed by atoms with Gasteiger partial charge in [0, 0.05) is 6.54 Å². The lowest BCUT2D eigenvalue weighted by molar-refractivity contribution is 0.306. The lowest BCUT2D eigenvalue weighted by Crippen LogP contribution is -2.24. The molecule has 0 amide bonds. The molecule has 0 unspecified atom stereocenters. The molecule has 0 bridgehead atoms. The van der Waals surface area contributed by atoms with Crippen molar-refractivity contribution in [1.29, 1.82) is 0 Å². The summed E-state index contributed by atoms with van der Waals surface area (Å²) in [6.45, 7) is 2.00. The maximum atomic E-state index is 5.21. The first-order valence-electron chi connectivity index (χ1n) is 4.45. The average molecular weight is 151 g/mol. The van der Waals surface area contributed by atoms with Crippen LogP contribution in [0.5, 0.6) is 0 Å². The summed E-state index contributed by atoms with van der Waals surface area (Å²) in [5.41, 5.74) is 0. The van der Waals surface area contributed by atoms with Crippen LogP contribution in [-0.4, -0.2) is 25.0 Å². The molecule has 62 valence electrons. The molecular formula is C10H17N. The Labute approximate surface area is 69.8 Å². The standard InChI is InChI=1S/C10H17N/c1-3-8-11(2)9-10-6-4-5-7-10/h1,10H,4-9H2,2H3. The highest BCUT2D eigenvalue weighted by molar-refractivity contribution is 4.87.